The molecule has 0 saturated heterocycles. The van der Waals surface area contributed by atoms with Gasteiger partial charge in [-0.25, -0.2) is 4.79 Å². The Balaban J connectivity index is 2.72. The van der Waals surface area contributed by atoms with Gasteiger partial charge in [-0.05, 0) is 17.7 Å². The Morgan fingerprint density at radius 3 is 3.12 bits per heavy atom. The van der Waals surface area contributed by atoms with Crippen LogP contribution in [0, 0.1) is 0 Å². The summed E-state index contributed by atoms with van der Waals surface area (Å²) in [6, 6.07) is 3.08. The number of hydrogen-bond donors (Lipinski definition) is 1. The monoisotopic (exact) mass is 217 g/mol. The van der Waals surface area contributed by atoms with Crippen LogP contribution in [0.2, 0.25) is 0 Å². The number of nitrogens with one attached hydrogen (secondary N) is 1. The van der Waals surface area contributed by atoms with E-state index in [-0.39, 0.29) is 0 Å². The molecule has 0 bridgehead atoms. The number of esters is 1. The summed E-state index contributed by atoms with van der Waals surface area (Å²) >= 11 is 0. The highest BCUT2D eigenvalue weighted by Gasteiger charge is 2.13. The van der Waals surface area contributed by atoms with E-state index >= 15 is 0 Å². The highest BCUT2D eigenvalue weighted by molar-refractivity contribution is 6.03. The van der Waals surface area contributed by atoms with Crippen molar-refractivity contribution in [3.05, 3.63) is 34.3 Å². The van der Waals surface area contributed by atoms with Crippen LogP contribution in [0.15, 0.2) is 23.4 Å². The molecule has 2 aromatic rings. The van der Waals surface area contributed by atoms with E-state index in [0.29, 0.717) is 22.2 Å². The molecule has 0 spiro atoms. The molecule has 0 radical (unpaired) electrons. The number of carbonyl (C=O) groups is 1. The second-order valence-corrected chi connectivity index (χ2v) is 3.01. The normalized spacial score (nSPS) is 9.81. The standard InChI is InChI=1S/C9H7N5O2/c1-16-9(15)7-3-6(12-14-10)2-5-4-11-13-8(5)7/h2-4H,1H3,(H,11,13). The van der Waals surface area contributed by atoms with Gasteiger partial charge in [-0.15, -0.1) is 0 Å². The number of rotatable bonds is 2. The van der Waals surface area contributed by atoms with Crippen LogP contribution in [0.1, 0.15) is 10.4 Å². The summed E-state index contributed by atoms with van der Waals surface area (Å²) in [5.41, 5.74) is 9.54. The molecule has 0 fully saturated rings. The van der Waals surface area contributed by atoms with Crippen LogP contribution in [-0.2, 0) is 4.74 Å². The number of carbonyl (C=O) groups excluding carboxylic acids is 1. The van der Waals surface area contributed by atoms with Crippen molar-refractivity contribution in [1.82, 2.24) is 10.2 Å². The Labute approximate surface area is 89.6 Å². The third kappa shape index (κ3) is 1.55. The van der Waals surface area contributed by atoms with Gasteiger partial charge in [-0.1, -0.05) is 5.11 Å². The Morgan fingerprint density at radius 1 is 1.62 bits per heavy atom. The molecule has 0 unspecified atom stereocenters. The highest BCUT2D eigenvalue weighted by Crippen LogP contribution is 2.24. The quantitative estimate of drug-likeness (QED) is 0.361. The van der Waals surface area contributed by atoms with Gasteiger partial charge in [-0.3, -0.25) is 5.10 Å². The lowest BCUT2D eigenvalue weighted by Crippen LogP contribution is -2.01. The lowest BCUT2D eigenvalue weighted by Gasteiger charge is -2.01. The minimum Gasteiger partial charge on any atom is -0.465 e. The van der Waals surface area contributed by atoms with Gasteiger partial charge in [0.25, 0.3) is 0 Å². The van der Waals surface area contributed by atoms with Crippen LogP contribution in [0.5, 0.6) is 0 Å². The van der Waals surface area contributed by atoms with E-state index in [1.165, 1.54) is 19.4 Å². The molecule has 0 aliphatic heterocycles. The van der Waals surface area contributed by atoms with Gasteiger partial charge in [0.1, 0.15) is 0 Å². The van der Waals surface area contributed by atoms with Crippen LogP contribution in [0.4, 0.5) is 5.69 Å². The summed E-state index contributed by atoms with van der Waals surface area (Å²) in [5.74, 6) is -0.510. The number of aromatic amines is 1. The van der Waals surface area contributed by atoms with Crippen LogP contribution in [0.3, 0.4) is 0 Å². The van der Waals surface area contributed by atoms with Crippen molar-refractivity contribution in [3.63, 3.8) is 0 Å². The number of nitrogens with zero attached hydrogens (tertiary/aromatic N) is 4. The van der Waals surface area contributed by atoms with E-state index in [4.69, 9.17) is 5.53 Å². The molecule has 1 N–H and O–H groups in total. The zero-order chi connectivity index (χ0) is 11.5. The second-order valence-electron chi connectivity index (χ2n) is 3.01. The van der Waals surface area contributed by atoms with E-state index in [1.54, 1.807) is 6.07 Å². The van der Waals surface area contributed by atoms with Gasteiger partial charge < -0.3 is 4.74 Å². The second kappa shape index (κ2) is 3.92. The molecule has 1 aromatic carbocycles. The van der Waals surface area contributed by atoms with Gasteiger partial charge in [-0.2, -0.15) is 5.10 Å². The average Bonchev–Trinajstić information content (AvgIpc) is 2.75. The van der Waals surface area contributed by atoms with Crippen molar-refractivity contribution in [2.45, 2.75) is 0 Å². The first-order chi connectivity index (χ1) is 7.76. The predicted octanol–water partition coefficient (Wildman–Crippen LogP) is 2.29. The third-order valence-corrected chi connectivity index (χ3v) is 2.10. The van der Waals surface area contributed by atoms with E-state index in [2.05, 4.69) is 25.0 Å². The molecule has 0 saturated carbocycles. The maximum atomic E-state index is 11.5. The average molecular weight is 217 g/mol. The molecular formula is C9H7N5O2. The number of H-pyrrole nitrogens is 1. The van der Waals surface area contributed by atoms with Crippen molar-refractivity contribution in [1.29, 1.82) is 0 Å². The molecular weight excluding hydrogens is 210 g/mol. The van der Waals surface area contributed by atoms with Gasteiger partial charge in [0.15, 0.2) is 0 Å². The molecule has 0 aliphatic rings. The summed E-state index contributed by atoms with van der Waals surface area (Å²) in [5, 5.41) is 10.6. The van der Waals surface area contributed by atoms with Crippen LogP contribution in [-0.4, -0.2) is 23.3 Å². The van der Waals surface area contributed by atoms with Gasteiger partial charge in [0, 0.05) is 16.0 Å². The first kappa shape index (κ1) is 10.0. The predicted molar refractivity (Wildman–Crippen MR) is 56.2 cm³/mol. The van der Waals surface area contributed by atoms with Crippen molar-refractivity contribution >= 4 is 22.6 Å². The number of aromatic nitrogens is 2. The maximum absolute atomic E-state index is 11.5. The molecule has 1 heterocycles. The Bertz CT molecular complexity index is 597. The molecule has 1 aromatic heterocycles. The minimum atomic E-state index is -0.510. The third-order valence-electron chi connectivity index (χ3n) is 2.10. The summed E-state index contributed by atoms with van der Waals surface area (Å²) in [4.78, 5) is 14.1. The highest BCUT2D eigenvalue weighted by atomic mass is 16.5. The van der Waals surface area contributed by atoms with E-state index in [1.807, 2.05) is 0 Å². The number of methoxy groups -OCH3 is 1. The van der Waals surface area contributed by atoms with Crippen LogP contribution < -0.4 is 0 Å². The minimum absolute atomic E-state index is 0.292. The zero-order valence-corrected chi connectivity index (χ0v) is 8.34. The Hall–Kier alpha value is -2.53. The fraction of sp³-hybridized carbons (Fsp3) is 0.111. The first-order valence-electron chi connectivity index (χ1n) is 4.37. The van der Waals surface area contributed by atoms with Crippen LogP contribution >= 0.6 is 0 Å². The summed E-state index contributed by atoms with van der Waals surface area (Å²) < 4.78 is 4.63. The number of fused-ring (bicyclic) bond motifs is 1. The zero-order valence-electron chi connectivity index (χ0n) is 8.34. The van der Waals surface area contributed by atoms with E-state index < -0.39 is 5.97 Å². The number of hydrogen-bond acceptors (Lipinski definition) is 4. The molecule has 0 aliphatic carbocycles. The van der Waals surface area contributed by atoms with Gasteiger partial charge in [0.2, 0.25) is 0 Å². The Kier molecular flexibility index (Phi) is 2.45. The van der Waals surface area contributed by atoms with E-state index in [0.717, 1.165) is 0 Å². The summed E-state index contributed by atoms with van der Waals surface area (Å²) in [6.07, 6.45) is 1.54. The van der Waals surface area contributed by atoms with E-state index in [9.17, 15) is 4.79 Å². The van der Waals surface area contributed by atoms with Crippen molar-refractivity contribution in [2.24, 2.45) is 5.11 Å². The van der Waals surface area contributed by atoms with Crippen molar-refractivity contribution < 1.29 is 9.53 Å². The van der Waals surface area contributed by atoms with Crippen molar-refractivity contribution in [2.75, 3.05) is 7.11 Å². The van der Waals surface area contributed by atoms with Gasteiger partial charge in [0.05, 0.1) is 24.4 Å². The largest absolute Gasteiger partial charge is 0.465 e. The molecule has 0 atom stereocenters. The SMILES string of the molecule is COC(=O)c1cc(N=[N+]=[N-])cc2cn[nH]c12. The molecule has 2 rings (SSSR count). The molecule has 80 valence electrons. The molecule has 7 heteroatoms. The lowest BCUT2D eigenvalue weighted by molar-refractivity contribution is 0.0603. The summed E-state index contributed by atoms with van der Waals surface area (Å²) in [6.45, 7) is 0. The molecule has 0 amide bonds. The Morgan fingerprint density at radius 2 is 2.44 bits per heavy atom. The van der Waals surface area contributed by atoms with Gasteiger partial charge >= 0.3 is 5.97 Å². The molecule has 16 heavy (non-hydrogen) atoms. The van der Waals surface area contributed by atoms with Crippen molar-refractivity contribution in [3.8, 4) is 0 Å². The summed E-state index contributed by atoms with van der Waals surface area (Å²) in [7, 11) is 1.28. The number of azide groups is 1. The molecule has 7 nitrogen and oxygen atoms in total. The topological polar surface area (TPSA) is 104 Å². The fourth-order valence-corrected chi connectivity index (χ4v) is 1.42. The van der Waals surface area contributed by atoms with Crippen LogP contribution in [0.25, 0.3) is 21.3 Å². The first-order valence-corrected chi connectivity index (χ1v) is 4.37. The smallest absolute Gasteiger partial charge is 0.340 e. The number of benzene rings is 1. The lowest BCUT2D eigenvalue weighted by atomic mass is 10.1. The maximum Gasteiger partial charge on any atom is 0.340 e. The number of ether oxygens (including phenoxy) is 1. The fourth-order valence-electron chi connectivity index (χ4n) is 1.42.